The average Bonchev–Trinajstić information content (AvgIpc) is 3.31. The lowest BCUT2D eigenvalue weighted by Crippen LogP contribution is -2.37. The van der Waals surface area contributed by atoms with Crippen molar-refractivity contribution in [2.75, 3.05) is 4.90 Å². The Morgan fingerprint density at radius 1 is 1.03 bits per heavy atom. The number of aromatic carboxylic acids is 1. The topological polar surface area (TPSA) is 101 Å². The highest BCUT2D eigenvalue weighted by molar-refractivity contribution is 6.42. The molecular weight excluding hydrogens is 505 g/mol. The van der Waals surface area contributed by atoms with Crippen LogP contribution in [0.5, 0.6) is 0 Å². The van der Waals surface area contributed by atoms with Crippen LogP contribution in [-0.4, -0.2) is 34.3 Å². The van der Waals surface area contributed by atoms with E-state index in [0.717, 1.165) is 25.7 Å². The first-order chi connectivity index (χ1) is 16.9. The van der Waals surface area contributed by atoms with Crippen LogP contribution in [0.15, 0.2) is 42.5 Å². The molecule has 0 radical (unpaired) electrons. The number of esters is 1. The van der Waals surface area contributed by atoms with E-state index in [4.69, 9.17) is 27.9 Å². The van der Waals surface area contributed by atoms with Crippen molar-refractivity contribution >= 4 is 52.5 Å². The Hall–Kier alpha value is -2.90. The van der Waals surface area contributed by atoms with Crippen molar-refractivity contribution in [2.45, 2.75) is 64.5 Å². The van der Waals surface area contributed by atoms with E-state index in [0.29, 0.717) is 22.9 Å². The summed E-state index contributed by atoms with van der Waals surface area (Å²) in [6.07, 6.45) is 4.39. The number of nitrogens with zero attached hydrogens (tertiary/aromatic N) is 1. The smallest absolute Gasteiger partial charge is 0.375 e. The van der Waals surface area contributed by atoms with Gasteiger partial charge in [-0.25, -0.2) is 9.59 Å². The van der Waals surface area contributed by atoms with Crippen molar-refractivity contribution in [1.29, 1.82) is 0 Å². The van der Waals surface area contributed by atoms with Crippen molar-refractivity contribution in [3.05, 3.63) is 63.6 Å². The van der Waals surface area contributed by atoms with Crippen LogP contribution in [0.25, 0.3) is 0 Å². The Morgan fingerprint density at radius 2 is 1.72 bits per heavy atom. The van der Waals surface area contributed by atoms with E-state index in [9.17, 15) is 24.3 Å². The lowest BCUT2D eigenvalue weighted by atomic mass is 9.92. The number of rotatable bonds is 10. The highest BCUT2D eigenvalue weighted by atomic mass is 35.5. The van der Waals surface area contributed by atoms with E-state index < -0.39 is 35.7 Å². The first-order valence-corrected chi connectivity index (χ1v) is 12.5. The summed E-state index contributed by atoms with van der Waals surface area (Å²) in [6.45, 7) is 3.52. The third-order valence-electron chi connectivity index (χ3n) is 6.19. The fourth-order valence-electron chi connectivity index (χ4n) is 4.52. The van der Waals surface area contributed by atoms with Gasteiger partial charge in [0.2, 0.25) is 11.7 Å². The van der Waals surface area contributed by atoms with E-state index >= 15 is 0 Å². The normalized spacial score (nSPS) is 13.9. The van der Waals surface area contributed by atoms with Crippen LogP contribution in [0.4, 0.5) is 5.69 Å². The minimum atomic E-state index is -1.16. The van der Waals surface area contributed by atoms with E-state index in [1.165, 1.54) is 23.1 Å². The summed E-state index contributed by atoms with van der Waals surface area (Å²) in [5.41, 5.74) is 0.0131. The fourth-order valence-corrected chi connectivity index (χ4v) is 4.84. The molecule has 1 saturated carbocycles. The molecule has 7 nitrogen and oxygen atoms in total. The molecule has 0 atom stereocenters. The zero-order chi connectivity index (χ0) is 26.5. The summed E-state index contributed by atoms with van der Waals surface area (Å²) in [4.78, 5) is 51.2. The van der Waals surface area contributed by atoms with Crippen molar-refractivity contribution in [3.63, 3.8) is 0 Å². The van der Waals surface area contributed by atoms with Gasteiger partial charge in [-0.1, -0.05) is 61.0 Å². The molecule has 9 heteroatoms. The SMILES string of the molecule is CC(C)(CC1CCCC1)OC(=O)C(=O)CC(=O)N(Cc1ccc(Cl)c(Cl)c1)c1cccc(C(=O)O)c1. The summed E-state index contributed by atoms with van der Waals surface area (Å²) >= 11 is 12.1. The lowest BCUT2D eigenvalue weighted by Gasteiger charge is -2.28. The average molecular weight is 534 g/mol. The van der Waals surface area contributed by atoms with Crippen molar-refractivity contribution in [3.8, 4) is 0 Å². The van der Waals surface area contributed by atoms with E-state index in [-0.39, 0.29) is 22.8 Å². The van der Waals surface area contributed by atoms with Gasteiger partial charge in [-0.15, -0.1) is 0 Å². The number of anilines is 1. The van der Waals surface area contributed by atoms with E-state index in [1.54, 1.807) is 38.1 Å². The molecule has 1 aliphatic rings. The Kier molecular flexibility index (Phi) is 9.14. The maximum atomic E-state index is 13.2. The maximum Gasteiger partial charge on any atom is 0.375 e. The van der Waals surface area contributed by atoms with Crippen LogP contribution >= 0.6 is 23.2 Å². The zero-order valence-corrected chi connectivity index (χ0v) is 21.8. The number of carbonyl (C=O) groups excluding carboxylic acids is 3. The Bertz CT molecular complexity index is 1160. The van der Waals surface area contributed by atoms with E-state index in [2.05, 4.69) is 0 Å². The van der Waals surface area contributed by atoms with Gasteiger partial charge in [0.05, 0.1) is 28.6 Å². The molecule has 0 saturated heterocycles. The van der Waals surface area contributed by atoms with Gasteiger partial charge in [0.15, 0.2) is 0 Å². The van der Waals surface area contributed by atoms with Gasteiger partial charge < -0.3 is 14.7 Å². The van der Waals surface area contributed by atoms with Gasteiger partial charge in [-0.2, -0.15) is 0 Å². The molecule has 1 fully saturated rings. The maximum absolute atomic E-state index is 13.2. The highest BCUT2D eigenvalue weighted by Gasteiger charge is 2.32. The number of hydrogen-bond donors (Lipinski definition) is 1. The number of ether oxygens (including phenoxy) is 1. The largest absolute Gasteiger partial charge is 0.478 e. The molecule has 0 bridgehead atoms. The molecule has 3 rings (SSSR count). The van der Waals surface area contributed by atoms with Gasteiger partial charge >= 0.3 is 11.9 Å². The third kappa shape index (κ3) is 7.55. The molecule has 1 amide bonds. The summed E-state index contributed by atoms with van der Waals surface area (Å²) in [5.74, 6) is -3.41. The Morgan fingerprint density at radius 3 is 2.36 bits per heavy atom. The minimum Gasteiger partial charge on any atom is -0.478 e. The number of benzene rings is 2. The molecule has 0 aliphatic heterocycles. The molecule has 0 spiro atoms. The number of halogens is 2. The van der Waals surface area contributed by atoms with Crippen molar-refractivity contribution < 1.29 is 29.0 Å². The number of hydrogen-bond acceptors (Lipinski definition) is 5. The Labute approximate surface area is 220 Å². The lowest BCUT2D eigenvalue weighted by molar-refractivity contribution is -0.165. The fraction of sp³-hybridized carbons (Fsp3) is 0.407. The van der Waals surface area contributed by atoms with Crippen LogP contribution in [0.3, 0.4) is 0 Å². The highest BCUT2D eigenvalue weighted by Crippen LogP contribution is 2.33. The van der Waals surface area contributed by atoms with Gasteiger partial charge in [0.25, 0.3) is 0 Å². The van der Waals surface area contributed by atoms with Gasteiger partial charge in [-0.3, -0.25) is 9.59 Å². The molecular formula is C27H29Cl2NO6. The van der Waals surface area contributed by atoms with Crippen molar-refractivity contribution in [2.24, 2.45) is 5.92 Å². The summed E-state index contributed by atoms with van der Waals surface area (Å²) in [5, 5.41) is 9.98. The zero-order valence-electron chi connectivity index (χ0n) is 20.3. The second-order valence-corrected chi connectivity index (χ2v) is 10.5. The third-order valence-corrected chi connectivity index (χ3v) is 6.93. The molecule has 2 aromatic carbocycles. The molecule has 36 heavy (non-hydrogen) atoms. The van der Waals surface area contributed by atoms with Gasteiger partial charge in [0.1, 0.15) is 5.60 Å². The number of carboxylic acid groups (broad SMARTS) is 1. The summed E-state index contributed by atoms with van der Waals surface area (Å²) < 4.78 is 5.48. The molecule has 0 unspecified atom stereocenters. The summed E-state index contributed by atoms with van der Waals surface area (Å²) in [7, 11) is 0. The number of ketones is 1. The molecule has 0 heterocycles. The molecule has 0 aromatic heterocycles. The second-order valence-electron chi connectivity index (χ2n) is 9.69. The molecule has 2 aromatic rings. The monoisotopic (exact) mass is 533 g/mol. The molecule has 192 valence electrons. The first-order valence-electron chi connectivity index (χ1n) is 11.8. The molecule has 1 aliphatic carbocycles. The predicted molar refractivity (Wildman–Crippen MR) is 137 cm³/mol. The van der Waals surface area contributed by atoms with Crippen LogP contribution in [0.2, 0.25) is 10.0 Å². The number of amides is 1. The summed E-state index contributed by atoms with van der Waals surface area (Å²) in [6, 6.07) is 10.6. The molecule has 1 N–H and O–H groups in total. The minimum absolute atomic E-state index is 0.0195. The van der Waals surface area contributed by atoms with Crippen LogP contribution in [-0.2, 0) is 25.7 Å². The number of carbonyl (C=O) groups is 4. The van der Waals surface area contributed by atoms with Crippen LogP contribution in [0.1, 0.15) is 68.3 Å². The van der Waals surface area contributed by atoms with Crippen LogP contribution < -0.4 is 4.90 Å². The van der Waals surface area contributed by atoms with Gasteiger partial charge in [-0.05, 0) is 62.1 Å². The Balaban J connectivity index is 1.77. The quantitative estimate of drug-likeness (QED) is 0.225. The van der Waals surface area contributed by atoms with Gasteiger partial charge in [0, 0.05) is 5.69 Å². The van der Waals surface area contributed by atoms with Crippen LogP contribution in [0, 0.1) is 5.92 Å². The second kappa shape index (κ2) is 11.9. The number of Topliss-reactive ketones (excluding diaryl/α,β-unsaturated/α-hetero) is 1. The predicted octanol–water partition coefficient (Wildman–Crippen LogP) is 6.09. The first kappa shape index (κ1) is 27.7. The number of carboxylic acids is 1. The van der Waals surface area contributed by atoms with E-state index in [1.807, 2.05) is 0 Å². The van der Waals surface area contributed by atoms with Crippen molar-refractivity contribution in [1.82, 2.24) is 0 Å². The standard InChI is InChI=1S/C27H29Cl2NO6/c1-27(2,15-17-6-3-4-7-17)36-26(35)23(31)14-24(32)30(16-18-10-11-21(28)22(29)12-18)20-9-5-8-19(13-20)25(33)34/h5,8-13,17H,3-4,6-7,14-16H2,1-2H3,(H,33,34).